The van der Waals surface area contributed by atoms with E-state index in [1.54, 1.807) is 27.7 Å². The predicted molar refractivity (Wildman–Crippen MR) is 156 cm³/mol. The molecule has 0 radical (unpaired) electrons. The van der Waals surface area contributed by atoms with Crippen molar-refractivity contribution in [3.63, 3.8) is 0 Å². The fourth-order valence-electron chi connectivity index (χ4n) is 4.64. The minimum absolute atomic E-state index is 0.0758. The summed E-state index contributed by atoms with van der Waals surface area (Å²) in [7, 11) is 1.46. The topological polar surface area (TPSA) is 128 Å². The summed E-state index contributed by atoms with van der Waals surface area (Å²) in [5.41, 5.74) is -0.0374. The second-order valence-corrected chi connectivity index (χ2v) is 12.8. The number of aromatic nitrogens is 2. The summed E-state index contributed by atoms with van der Waals surface area (Å²) in [6, 6.07) is 6.79. The summed E-state index contributed by atoms with van der Waals surface area (Å²) in [5.74, 6) is -1.98. The molecule has 42 heavy (non-hydrogen) atoms. The van der Waals surface area contributed by atoms with Gasteiger partial charge >= 0.3 is 12.0 Å². The highest BCUT2D eigenvalue weighted by Crippen LogP contribution is 2.27. The van der Waals surface area contributed by atoms with Gasteiger partial charge in [0.25, 0.3) is 0 Å². The van der Waals surface area contributed by atoms with Crippen molar-refractivity contribution < 1.29 is 28.4 Å². The molecule has 1 aliphatic heterocycles. The normalized spacial score (nSPS) is 16.9. The van der Waals surface area contributed by atoms with Gasteiger partial charge in [-0.15, -0.1) is 0 Å². The van der Waals surface area contributed by atoms with Gasteiger partial charge in [0.05, 0.1) is 24.5 Å². The number of rotatable bonds is 8. The largest absolute Gasteiger partial charge is 0.444 e. The number of carbonyl (C=O) groups is 4. The smallest absolute Gasteiger partial charge is 0.410 e. The van der Waals surface area contributed by atoms with E-state index in [1.807, 2.05) is 51.1 Å². The number of carbonyl (C=O) groups excluding carboxylic acids is 4. The first-order chi connectivity index (χ1) is 19.5. The fraction of sp³-hybridized carbons (Fsp3) is 0.567. The Morgan fingerprint density at radius 1 is 1.14 bits per heavy atom. The number of H-pyrrole nitrogens is 1. The van der Waals surface area contributed by atoms with Crippen molar-refractivity contribution in [1.82, 2.24) is 30.2 Å². The highest BCUT2D eigenvalue weighted by atomic mass is 19.2. The highest BCUT2D eigenvalue weighted by molar-refractivity contribution is 5.92. The van der Waals surface area contributed by atoms with Crippen molar-refractivity contribution in [3.8, 4) is 11.3 Å². The maximum Gasteiger partial charge on any atom is 0.410 e. The Kier molecular flexibility index (Phi) is 10.0. The van der Waals surface area contributed by atoms with E-state index < -0.39 is 47.0 Å². The molecule has 0 bridgehead atoms. The van der Waals surface area contributed by atoms with Gasteiger partial charge in [-0.05, 0) is 51.5 Å². The maximum absolute atomic E-state index is 15.2. The van der Waals surface area contributed by atoms with Crippen molar-refractivity contribution in [2.45, 2.75) is 85.0 Å². The zero-order valence-electron chi connectivity index (χ0n) is 25.7. The number of ether oxygens (including phenoxy) is 1. The molecular weight excluding hydrogens is 543 g/mol. The first-order valence-corrected chi connectivity index (χ1v) is 14.1. The van der Waals surface area contributed by atoms with Crippen LogP contribution in [-0.4, -0.2) is 92.6 Å². The van der Waals surface area contributed by atoms with Gasteiger partial charge < -0.3 is 19.9 Å². The van der Waals surface area contributed by atoms with Crippen molar-refractivity contribution >= 4 is 23.8 Å². The summed E-state index contributed by atoms with van der Waals surface area (Å²) in [6.07, 6.45) is 1.93. The van der Waals surface area contributed by atoms with Gasteiger partial charge in [-0.2, -0.15) is 5.12 Å². The number of nitrogens with zero attached hydrogens (tertiary/aromatic N) is 4. The predicted octanol–water partition coefficient (Wildman–Crippen LogP) is 4.18. The Morgan fingerprint density at radius 3 is 2.38 bits per heavy atom. The quantitative estimate of drug-likeness (QED) is 0.447. The minimum atomic E-state index is -0.956. The van der Waals surface area contributed by atoms with E-state index in [0.717, 1.165) is 5.56 Å². The van der Waals surface area contributed by atoms with Crippen LogP contribution in [0.3, 0.4) is 0 Å². The number of likely N-dealkylation sites (tertiary alicyclic amines) is 1. The lowest BCUT2D eigenvalue weighted by atomic mass is 9.85. The van der Waals surface area contributed by atoms with Crippen LogP contribution in [0.15, 0.2) is 36.5 Å². The van der Waals surface area contributed by atoms with Crippen LogP contribution >= 0.6 is 0 Å². The van der Waals surface area contributed by atoms with E-state index in [2.05, 4.69) is 15.3 Å². The van der Waals surface area contributed by atoms with Gasteiger partial charge in [0.1, 0.15) is 17.7 Å². The molecule has 1 aromatic carbocycles. The number of hydrogen-bond acceptors (Lipinski definition) is 6. The zero-order valence-corrected chi connectivity index (χ0v) is 25.7. The van der Waals surface area contributed by atoms with Gasteiger partial charge in [-0.25, -0.2) is 9.78 Å². The average molecular weight is 587 g/mol. The van der Waals surface area contributed by atoms with Crippen LogP contribution in [0, 0.1) is 5.41 Å². The van der Waals surface area contributed by atoms with Gasteiger partial charge in [-0.1, -0.05) is 55.6 Å². The molecule has 0 spiro atoms. The number of halogens is 1. The third-order valence-corrected chi connectivity index (χ3v) is 7.16. The molecule has 11 nitrogen and oxygen atoms in total. The van der Waals surface area contributed by atoms with Gasteiger partial charge in [0, 0.05) is 13.6 Å². The van der Waals surface area contributed by atoms with E-state index in [-0.39, 0.29) is 23.4 Å². The molecule has 3 atom stereocenters. The molecule has 230 valence electrons. The van der Waals surface area contributed by atoms with Gasteiger partial charge in [0.15, 0.2) is 5.82 Å². The Morgan fingerprint density at radius 2 is 1.79 bits per heavy atom. The van der Waals surface area contributed by atoms with Crippen LogP contribution in [0.1, 0.15) is 71.9 Å². The molecule has 0 unspecified atom stereocenters. The van der Waals surface area contributed by atoms with E-state index in [0.29, 0.717) is 25.1 Å². The molecule has 0 aliphatic carbocycles. The SMILES string of the molecule is C[C@@H](C(=O)N[C@H](C(=O)N1CCC[C@H]1CN(F)C(=O)c1ncc(-c2ccccc2)[nH]1)C(C)(C)C)N(C)C(=O)OC(C)(C)C. The second kappa shape index (κ2) is 12.9. The molecule has 12 heteroatoms. The Bertz CT molecular complexity index is 1270. The molecule has 2 N–H and O–H groups in total. The van der Waals surface area contributed by atoms with E-state index >= 15 is 4.48 Å². The highest BCUT2D eigenvalue weighted by Gasteiger charge is 2.42. The number of likely N-dealkylation sites (N-methyl/N-ethyl adjacent to an activating group) is 1. The van der Waals surface area contributed by atoms with Crippen molar-refractivity contribution in [2.24, 2.45) is 5.41 Å². The summed E-state index contributed by atoms with van der Waals surface area (Å²) in [6.45, 7) is 12.2. The molecule has 1 aromatic heterocycles. The third kappa shape index (κ3) is 8.07. The van der Waals surface area contributed by atoms with Gasteiger partial charge in [-0.3, -0.25) is 19.3 Å². The Balaban J connectivity index is 1.68. The summed E-state index contributed by atoms with van der Waals surface area (Å²) in [4.78, 5) is 61.9. The standard InChI is InChI=1S/C30H43FN6O5/c1-19(35(8)28(41)42-30(5,6)7)25(38)34-23(29(2,3)4)26(39)36-16-12-15-21(36)18-37(31)27(40)24-32-17-22(33-24)20-13-10-9-11-14-20/h9-11,13-14,17,19,21,23H,12,15-16,18H2,1-8H3,(H,32,33)(H,34,38)/t19-,21-,23+/m0/s1. The molecule has 2 heterocycles. The monoisotopic (exact) mass is 586 g/mol. The molecule has 2 aromatic rings. The first kappa shape index (κ1) is 32.6. The number of benzene rings is 1. The fourth-order valence-corrected chi connectivity index (χ4v) is 4.64. The van der Waals surface area contributed by atoms with Crippen LogP contribution in [0.2, 0.25) is 0 Å². The molecule has 3 rings (SSSR count). The van der Waals surface area contributed by atoms with Crippen molar-refractivity contribution in [3.05, 3.63) is 42.4 Å². The number of hydrogen-bond donors (Lipinski definition) is 2. The lowest BCUT2D eigenvalue weighted by Gasteiger charge is -2.37. The lowest BCUT2D eigenvalue weighted by molar-refractivity contribution is -0.141. The lowest BCUT2D eigenvalue weighted by Crippen LogP contribution is -2.59. The third-order valence-electron chi connectivity index (χ3n) is 7.16. The number of amides is 4. The molecule has 1 fully saturated rings. The van der Waals surface area contributed by atoms with E-state index in [4.69, 9.17) is 4.74 Å². The summed E-state index contributed by atoms with van der Waals surface area (Å²) >= 11 is 0. The number of aromatic amines is 1. The molecule has 1 saturated heterocycles. The molecule has 4 amide bonds. The molecular formula is C30H43FN6O5. The Hall–Kier alpha value is -3.96. The number of nitrogens with one attached hydrogen (secondary N) is 2. The van der Waals surface area contributed by atoms with E-state index in [9.17, 15) is 19.2 Å². The Labute approximate surface area is 246 Å². The van der Waals surface area contributed by atoms with Crippen molar-refractivity contribution in [2.75, 3.05) is 20.1 Å². The van der Waals surface area contributed by atoms with Crippen LogP contribution < -0.4 is 5.32 Å². The van der Waals surface area contributed by atoms with Crippen LogP contribution in [-0.2, 0) is 14.3 Å². The minimum Gasteiger partial charge on any atom is -0.444 e. The van der Waals surface area contributed by atoms with Gasteiger partial charge in [0.2, 0.25) is 11.8 Å². The molecule has 1 aliphatic rings. The first-order valence-electron chi connectivity index (χ1n) is 14.1. The molecule has 0 saturated carbocycles. The average Bonchev–Trinajstić information content (AvgIpc) is 3.59. The summed E-state index contributed by atoms with van der Waals surface area (Å²) in [5, 5.41) is 2.88. The van der Waals surface area contributed by atoms with Crippen LogP contribution in [0.4, 0.5) is 9.28 Å². The van der Waals surface area contributed by atoms with Crippen LogP contribution in [0.5, 0.6) is 0 Å². The van der Waals surface area contributed by atoms with E-state index in [1.165, 1.54) is 23.0 Å². The summed E-state index contributed by atoms with van der Waals surface area (Å²) < 4.78 is 20.5. The van der Waals surface area contributed by atoms with Crippen LogP contribution in [0.25, 0.3) is 11.3 Å². The number of imidazole rings is 1. The van der Waals surface area contributed by atoms with Crippen molar-refractivity contribution in [1.29, 1.82) is 0 Å². The maximum atomic E-state index is 15.2. The zero-order chi connectivity index (χ0) is 31.4. The second-order valence-electron chi connectivity index (χ2n) is 12.8.